The van der Waals surface area contributed by atoms with Gasteiger partial charge in [0.15, 0.2) is 0 Å². The van der Waals surface area contributed by atoms with E-state index in [1.54, 1.807) is 26.0 Å². The van der Waals surface area contributed by atoms with Crippen LogP contribution in [0.25, 0.3) is 0 Å². The van der Waals surface area contributed by atoms with Crippen molar-refractivity contribution in [2.45, 2.75) is 51.9 Å². The molecule has 158 valence electrons. The van der Waals surface area contributed by atoms with Crippen molar-refractivity contribution in [3.8, 4) is 0 Å². The molecular weight excluding hydrogens is 408 g/mol. The van der Waals surface area contributed by atoms with Gasteiger partial charge in [-0.2, -0.15) is 0 Å². The minimum absolute atomic E-state index is 0.0736. The first-order valence-corrected chi connectivity index (χ1v) is 12.9. The SMILES string of the molecule is CCCS(=O)(=O)N1CCCc2ccc(NS(=O)(=O)c3c(C)cc(C)cc3C)cc21. The molecule has 0 bridgehead atoms. The Labute approximate surface area is 174 Å². The van der Waals surface area contributed by atoms with Crippen molar-refractivity contribution in [3.63, 3.8) is 0 Å². The lowest BCUT2D eigenvalue weighted by molar-refractivity contribution is 0.585. The lowest BCUT2D eigenvalue weighted by Gasteiger charge is -2.31. The van der Waals surface area contributed by atoms with Crippen LogP contribution in [0, 0.1) is 20.8 Å². The molecule has 6 nitrogen and oxygen atoms in total. The normalized spacial score (nSPS) is 14.6. The Balaban J connectivity index is 2.00. The molecule has 0 aromatic heterocycles. The summed E-state index contributed by atoms with van der Waals surface area (Å²) in [6.07, 6.45) is 2.06. The van der Waals surface area contributed by atoms with E-state index in [-0.39, 0.29) is 10.6 Å². The summed E-state index contributed by atoms with van der Waals surface area (Å²) in [6, 6.07) is 8.83. The number of hydrogen-bond donors (Lipinski definition) is 1. The molecule has 2 aromatic rings. The maximum atomic E-state index is 13.1. The van der Waals surface area contributed by atoms with E-state index in [4.69, 9.17) is 0 Å². The van der Waals surface area contributed by atoms with Gasteiger partial charge in [0.05, 0.1) is 22.0 Å². The third-order valence-corrected chi connectivity index (χ3v) is 8.75. The van der Waals surface area contributed by atoms with Gasteiger partial charge in [0, 0.05) is 6.54 Å². The molecule has 8 heteroatoms. The molecule has 0 saturated carbocycles. The number of nitrogens with one attached hydrogen (secondary N) is 1. The first-order chi connectivity index (χ1) is 13.5. The number of anilines is 2. The van der Waals surface area contributed by atoms with Crippen LogP contribution in [0.5, 0.6) is 0 Å². The number of sulfonamides is 2. The van der Waals surface area contributed by atoms with Crippen molar-refractivity contribution < 1.29 is 16.8 Å². The van der Waals surface area contributed by atoms with Gasteiger partial charge in [0.25, 0.3) is 10.0 Å². The van der Waals surface area contributed by atoms with Crippen molar-refractivity contribution >= 4 is 31.4 Å². The van der Waals surface area contributed by atoms with Crippen LogP contribution in [-0.4, -0.2) is 29.1 Å². The molecule has 2 aromatic carbocycles. The molecule has 0 fully saturated rings. The van der Waals surface area contributed by atoms with Crippen LogP contribution in [0.4, 0.5) is 11.4 Å². The fourth-order valence-corrected chi connectivity index (χ4v) is 7.18. The molecule has 3 rings (SSSR count). The Kier molecular flexibility index (Phi) is 5.96. The summed E-state index contributed by atoms with van der Waals surface area (Å²) < 4.78 is 55.5. The summed E-state index contributed by atoms with van der Waals surface area (Å²) in [4.78, 5) is 0.260. The Morgan fingerprint density at radius 1 is 1.00 bits per heavy atom. The summed E-state index contributed by atoms with van der Waals surface area (Å²) >= 11 is 0. The third-order valence-electron chi connectivity index (χ3n) is 5.08. The van der Waals surface area contributed by atoms with E-state index in [0.29, 0.717) is 35.5 Å². The third kappa shape index (κ3) is 4.43. The minimum Gasteiger partial charge on any atom is -0.280 e. The van der Waals surface area contributed by atoms with Crippen LogP contribution in [0.3, 0.4) is 0 Å². The highest BCUT2D eigenvalue weighted by molar-refractivity contribution is 7.93. The number of benzene rings is 2. The standard InChI is InChI=1S/C21H28N2O4S2/c1-5-11-28(24,25)23-10-6-7-18-8-9-19(14-20(18)23)22-29(26,27)21-16(3)12-15(2)13-17(21)4/h8-9,12-14,22H,5-7,10-11H2,1-4H3. The van der Waals surface area contributed by atoms with Gasteiger partial charge < -0.3 is 0 Å². The maximum Gasteiger partial charge on any atom is 0.262 e. The van der Waals surface area contributed by atoms with Gasteiger partial charge >= 0.3 is 0 Å². The number of fused-ring (bicyclic) bond motifs is 1. The van der Waals surface area contributed by atoms with Crippen molar-refractivity contribution in [3.05, 3.63) is 52.6 Å². The lowest BCUT2D eigenvalue weighted by Crippen LogP contribution is -2.37. The van der Waals surface area contributed by atoms with Gasteiger partial charge in [-0.15, -0.1) is 0 Å². The van der Waals surface area contributed by atoms with E-state index >= 15 is 0 Å². The number of nitrogens with zero attached hydrogens (tertiary/aromatic N) is 1. The van der Waals surface area contributed by atoms with Crippen molar-refractivity contribution in [1.82, 2.24) is 0 Å². The zero-order valence-electron chi connectivity index (χ0n) is 17.3. The van der Waals surface area contributed by atoms with E-state index in [9.17, 15) is 16.8 Å². The fraction of sp³-hybridized carbons (Fsp3) is 0.429. The zero-order chi connectivity index (χ0) is 21.4. The molecular formula is C21H28N2O4S2. The number of rotatable bonds is 6. The quantitative estimate of drug-likeness (QED) is 0.744. The molecule has 0 atom stereocenters. The van der Waals surface area contributed by atoms with E-state index in [1.807, 2.05) is 32.0 Å². The van der Waals surface area contributed by atoms with E-state index in [0.717, 1.165) is 24.0 Å². The molecule has 0 aliphatic carbocycles. The first-order valence-electron chi connectivity index (χ1n) is 9.79. The smallest absolute Gasteiger partial charge is 0.262 e. The Hall–Kier alpha value is -2.06. The van der Waals surface area contributed by atoms with Gasteiger partial charge in [0.2, 0.25) is 10.0 Å². The highest BCUT2D eigenvalue weighted by atomic mass is 32.2. The summed E-state index contributed by atoms with van der Waals surface area (Å²) in [5.74, 6) is 0.0736. The van der Waals surface area contributed by atoms with Crippen LogP contribution in [0.2, 0.25) is 0 Å². The van der Waals surface area contributed by atoms with Gasteiger partial charge in [-0.05, 0) is 68.9 Å². The largest absolute Gasteiger partial charge is 0.280 e. The molecule has 0 radical (unpaired) electrons. The predicted octanol–water partition coefficient (Wildman–Crippen LogP) is 3.91. The molecule has 0 unspecified atom stereocenters. The maximum absolute atomic E-state index is 13.1. The monoisotopic (exact) mass is 436 g/mol. The number of aryl methyl sites for hydroxylation is 4. The van der Waals surface area contributed by atoms with Crippen molar-refractivity contribution in [1.29, 1.82) is 0 Å². The molecule has 1 aliphatic rings. The minimum atomic E-state index is -3.80. The summed E-state index contributed by atoms with van der Waals surface area (Å²) in [6.45, 7) is 7.74. The van der Waals surface area contributed by atoms with Gasteiger partial charge in [0.1, 0.15) is 0 Å². The van der Waals surface area contributed by atoms with Gasteiger partial charge in [-0.3, -0.25) is 9.03 Å². The fourth-order valence-electron chi connectivity index (χ4n) is 4.06. The van der Waals surface area contributed by atoms with Crippen LogP contribution in [-0.2, 0) is 26.5 Å². The van der Waals surface area contributed by atoms with E-state index in [1.165, 1.54) is 4.31 Å². The number of hydrogen-bond acceptors (Lipinski definition) is 4. The molecule has 0 saturated heterocycles. The Morgan fingerprint density at radius 2 is 1.66 bits per heavy atom. The predicted molar refractivity (Wildman–Crippen MR) is 118 cm³/mol. The van der Waals surface area contributed by atoms with Crippen LogP contribution in [0.1, 0.15) is 42.0 Å². The molecule has 0 spiro atoms. The topological polar surface area (TPSA) is 83.6 Å². The molecule has 1 N–H and O–H groups in total. The highest BCUT2D eigenvalue weighted by Crippen LogP contribution is 2.33. The van der Waals surface area contributed by atoms with Crippen LogP contribution in [0.15, 0.2) is 35.2 Å². The molecule has 29 heavy (non-hydrogen) atoms. The lowest BCUT2D eigenvalue weighted by atomic mass is 10.0. The summed E-state index contributed by atoms with van der Waals surface area (Å²) in [5.41, 5.74) is 4.22. The molecule has 1 aliphatic heterocycles. The average Bonchev–Trinajstić information content (AvgIpc) is 2.59. The van der Waals surface area contributed by atoms with Crippen molar-refractivity contribution in [2.24, 2.45) is 0 Å². The highest BCUT2D eigenvalue weighted by Gasteiger charge is 2.28. The van der Waals surface area contributed by atoms with Crippen LogP contribution < -0.4 is 9.03 Å². The second-order valence-corrected chi connectivity index (χ2v) is 11.3. The van der Waals surface area contributed by atoms with E-state index < -0.39 is 20.0 Å². The zero-order valence-corrected chi connectivity index (χ0v) is 19.0. The van der Waals surface area contributed by atoms with Gasteiger partial charge in [-0.1, -0.05) is 30.7 Å². The Morgan fingerprint density at radius 3 is 2.28 bits per heavy atom. The average molecular weight is 437 g/mol. The first kappa shape index (κ1) is 21.6. The Bertz CT molecular complexity index is 1120. The van der Waals surface area contributed by atoms with Gasteiger partial charge in [-0.25, -0.2) is 16.8 Å². The van der Waals surface area contributed by atoms with Crippen molar-refractivity contribution in [2.75, 3.05) is 21.3 Å². The molecule has 0 amide bonds. The summed E-state index contributed by atoms with van der Waals surface area (Å²) in [7, 11) is -7.22. The van der Waals surface area contributed by atoms with Crippen LogP contribution >= 0.6 is 0 Å². The summed E-state index contributed by atoms with van der Waals surface area (Å²) in [5, 5.41) is 0. The second-order valence-electron chi connectivity index (χ2n) is 7.67. The molecule has 1 heterocycles. The van der Waals surface area contributed by atoms with E-state index in [2.05, 4.69) is 4.72 Å². The second kappa shape index (κ2) is 7.99.